The first-order valence-electron chi connectivity index (χ1n) is 7.50. The molecule has 1 nitrogen and oxygen atoms in total. The topological polar surface area (TPSA) is 3.24 Å². The number of rotatable bonds is 9. The third-order valence-corrected chi connectivity index (χ3v) is 3.85. The van der Waals surface area contributed by atoms with Gasteiger partial charge in [-0.15, -0.1) is 0 Å². The van der Waals surface area contributed by atoms with Crippen LogP contribution in [0.4, 0.5) is 0 Å². The van der Waals surface area contributed by atoms with Crippen molar-refractivity contribution in [1.29, 1.82) is 0 Å². The molecule has 0 N–H and O–H groups in total. The summed E-state index contributed by atoms with van der Waals surface area (Å²) in [5.41, 5.74) is 1.56. The van der Waals surface area contributed by atoms with Crippen molar-refractivity contribution in [1.82, 2.24) is 4.90 Å². The van der Waals surface area contributed by atoms with Crippen LogP contribution in [0, 0.1) is 5.92 Å². The van der Waals surface area contributed by atoms with Gasteiger partial charge in [-0.3, -0.25) is 0 Å². The monoisotopic (exact) mass is 239 g/mol. The highest BCUT2D eigenvalue weighted by Gasteiger charge is 2.12. The number of allylic oxidation sites excluding steroid dienone is 1. The fourth-order valence-corrected chi connectivity index (χ4v) is 2.66. The molecule has 0 amide bonds. The lowest BCUT2D eigenvalue weighted by atomic mass is 9.93. The molecule has 0 rings (SSSR count). The molecule has 0 aromatic rings. The molecule has 0 aromatic carbocycles. The molecule has 0 radical (unpaired) electrons. The zero-order valence-corrected chi connectivity index (χ0v) is 12.9. The van der Waals surface area contributed by atoms with Crippen LogP contribution in [0.1, 0.15) is 73.1 Å². The molecule has 0 bridgehead atoms. The minimum atomic E-state index is 0.717. The summed E-state index contributed by atoms with van der Waals surface area (Å²) in [5, 5.41) is 0. The van der Waals surface area contributed by atoms with Crippen LogP contribution in [0.3, 0.4) is 0 Å². The lowest BCUT2D eigenvalue weighted by Crippen LogP contribution is -2.27. The maximum atomic E-state index is 2.44. The van der Waals surface area contributed by atoms with Crippen molar-refractivity contribution in [2.75, 3.05) is 7.05 Å². The lowest BCUT2D eigenvalue weighted by molar-refractivity contribution is 0.296. The standard InChI is InChI=1S/C16H33N/c1-7-11-15(9-3)14(5)13-17(6)16(10-4)12-8-2/h13,15-16H,7-12H2,1-6H3/b14-13-. The fourth-order valence-electron chi connectivity index (χ4n) is 2.66. The highest BCUT2D eigenvalue weighted by Crippen LogP contribution is 2.21. The summed E-state index contributed by atoms with van der Waals surface area (Å²) < 4.78 is 0. The third-order valence-electron chi connectivity index (χ3n) is 3.85. The molecule has 0 fully saturated rings. The van der Waals surface area contributed by atoms with Crippen LogP contribution in [0.25, 0.3) is 0 Å². The van der Waals surface area contributed by atoms with E-state index < -0.39 is 0 Å². The minimum Gasteiger partial charge on any atom is -0.377 e. The molecule has 0 aliphatic carbocycles. The molecule has 2 unspecified atom stereocenters. The van der Waals surface area contributed by atoms with Gasteiger partial charge < -0.3 is 4.90 Å². The zero-order chi connectivity index (χ0) is 13.3. The van der Waals surface area contributed by atoms with Gasteiger partial charge in [0, 0.05) is 13.1 Å². The fraction of sp³-hybridized carbons (Fsp3) is 0.875. The van der Waals surface area contributed by atoms with Crippen LogP contribution in [0.2, 0.25) is 0 Å². The summed E-state index contributed by atoms with van der Waals surface area (Å²) in [6.45, 7) is 11.5. The van der Waals surface area contributed by atoms with E-state index in [9.17, 15) is 0 Å². The second-order valence-corrected chi connectivity index (χ2v) is 5.28. The third kappa shape index (κ3) is 6.14. The van der Waals surface area contributed by atoms with Gasteiger partial charge >= 0.3 is 0 Å². The molecule has 0 heterocycles. The van der Waals surface area contributed by atoms with Crippen LogP contribution in [-0.4, -0.2) is 18.0 Å². The van der Waals surface area contributed by atoms with Gasteiger partial charge in [0.25, 0.3) is 0 Å². The van der Waals surface area contributed by atoms with E-state index in [1.165, 1.54) is 38.5 Å². The molecular formula is C16H33N. The first-order chi connectivity index (χ1) is 8.10. The Kier molecular flexibility index (Phi) is 9.30. The quantitative estimate of drug-likeness (QED) is 0.533. The largest absolute Gasteiger partial charge is 0.377 e. The number of nitrogens with zero attached hydrogens (tertiary/aromatic N) is 1. The van der Waals surface area contributed by atoms with E-state index in [1.54, 1.807) is 5.57 Å². The number of hydrogen-bond acceptors (Lipinski definition) is 1. The van der Waals surface area contributed by atoms with Gasteiger partial charge in [-0.2, -0.15) is 0 Å². The highest BCUT2D eigenvalue weighted by molar-refractivity contribution is 5.03. The van der Waals surface area contributed by atoms with E-state index >= 15 is 0 Å². The molecule has 0 aromatic heterocycles. The van der Waals surface area contributed by atoms with Crippen molar-refractivity contribution in [3.05, 3.63) is 11.8 Å². The SMILES string of the molecule is CCCC(CC)/C(C)=C\N(C)C(CC)CCC. The van der Waals surface area contributed by atoms with E-state index in [0.717, 1.165) is 5.92 Å². The maximum absolute atomic E-state index is 2.44. The Labute approximate surface area is 109 Å². The summed E-state index contributed by atoms with van der Waals surface area (Å²) in [6, 6.07) is 0.717. The Balaban J connectivity index is 4.50. The first kappa shape index (κ1) is 16.5. The zero-order valence-electron chi connectivity index (χ0n) is 12.9. The summed E-state index contributed by atoms with van der Waals surface area (Å²) >= 11 is 0. The molecule has 0 saturated carbocycles. The van der Waals surface area contributed by atoms with E-state index in [4.69, 9.17) is 0 Å². The second-order valence-electron chi connectivity index (χ2n) is 5.28. The predicted molar refractivity (Wildman–Crippen MR) is 79.2 cm³/mol. The molecule has 0 aliphatic heterocycles. The summed E-state index contributed by atoms with van der Waals surface area (Å²) in [4.78, 5) is 2.44. The van der Waals surface area contributed by atoms with Crippen molar-refractivity contribution in [2.24, 2.45) is 5.92 Å². The molecule has 1 heteroatoms. The molecule has 17 heavy (non-hydrogen) atoms. The van der Waals surface area contributed by atoms with Crippen LogP contribution >= 0.6 is 0 Å². The molecule has 102 valence electrons. The van der Waals surface area contributed by atoms with Crippen LogP contribution in [0.15, 0.2) is 11.8 Å². The van der Waals surface area contributed by atoms with Crippen molar-refractivity contribution in [2.45, 2.75) is 79.2 Å². The van der Waals surface area contributed by atoms with E-state index in [2.05, 4.69) is 52.8 Å². The van der Waals surface area contributed by atoms with Gasteiger partial charge in [0.1, 0.15) is 0 Å². The van der Waals surface area contributed by atoms with Gasteiger partial charge in [-0.05, 0) is 44.7 Å². The average Bonchev–Trinajstić information content (AvgIpc) is 2.32. The van der Waals surface area contributed by atoms with Crippen LogP contribution in [0.5, 0.6) is 0 Å². The summed E-state index contributed by atoms with van der Waals surface area (Å²) in [7, 11) is 2.24. The minimum absolute atomic E-state index is 0.717. The summed E-state index contributed by atoms with van der Waals surface area (Å²) in [6.07, 6.45) is 10.1. The van der Waals surface area contributed by atoms with Gasteiger partial charge in [0.05, 0.1) is 0 Å². The Morgan fingerprint density at radius 2 is 1.59 bits per heavy atom. The Morgan fingerprint density at radius 3 is 2.00 bits per heavy atom. The second kappa shape index (κ2) is 9.56. The lowest BCUT2D eigenvalue weighted by Gasteiger charge is -2.28. The van der Waals surface area contributed by atoms with Gasteiger partial charge in [-0.1, -0.05) is 46.1 Å². The maximum Gasteiger partial charge on any atom is 0.0278 e. The van der Waals surface area contributed by atoms with Crippen molar-refractivity contribution < 1.29 is 0 Å². The van der Waals surface area contributed by atoms with E-state index in [-0.39, 0.29) is 0 Å². The van der Waals surface area contributed by atoms with Crippen molar-refractivity contribution >= 4 is 0 Å². The normalized spacial score (nSPS) is 15.8. The Hall–Kier alpha value is -0.460. The van der Waals surface area contributed by atoms with Crippen molar-refractivity contribution in [3.63, 3.8) is 0 Å². The molecule has 0 spiro atoms. The van der Waals surface area contributed by atoms with Gasteiger partial charge in [0.2, 0.25) is 0 Å². The molecule has 2 atom stereocenters. The molecular weight excluding hydrogens is 206 g/mol. The van der Waals surface area contributed by atoms with Gasteiger partial charge in [-0.25, -0.2) is 0 Å². The van der Waals surface area contributed by atoms with Crippen molar-refractivity contribution in [3.8, 4) is 0 Å². The van der Waals surface area contributed by atoms with E-state index in [0.29, 0.717) is 6.04 Å². The highest BCUT2D eigenvalue weighted by atomic mass is 15.1. The van der Waals surface area contributed by atoms with E-state index in [1.807, 2.05) is 0 Å². The van der Waals surface area contributed by atoms with Crippen LogP contribution < -0.4 is 0 Å². The Bertz CT molecular complexity index is 208. The first-order valence-corrected chi connectivity index (χ1v) is 7.50. The summed E-state index contributed by atoms with van der Waals surface area (Å²) in [5.74, 6) is 0.779. The smallest absolute Gasteiger partial charge is 0.0278 e. The average molecular weight is 239 g/mol. The molecule has 0 aliphatic rings. The van der Waals surface area contributed by atoms with Gasteiger partial charge in [0.15, 0.2) is 0 Å². The van der Waals surface area contributed by atoms with Crippen LogP contribution in [-0.2, 0) is 0 Å². The molecule has 0 saturated heterocycles. The predicted octanol–water partition coefficient (Wildman–Crippen LogP) is 5.23. The Morgan fingerprint density at radius 1 is 1.00 bits per heavy atom. The number of hydrogen-bond donors (Lipinski definition) is 0.